The summed E-state index contributed by atoms with van der Waals surface area (Å²) in [6, 6.07) is 10.1. The standard InChI is InChI=1S/C14H10BrFN2O/c15-12-7-10(16)4-5-13(12)19-9-11-8-18-6-2-1-3-14(18)17-11/h1-8H,9H2. The van der Waals surface area contributed by atoms with E-state index in [1.54, 1.807) is 6.07 Å². The molecule has 0 spiro atoms. The molecule has 2 aromatic heterocycles. The van der Waals surface area contributed by atoms with Crippen molar-refractivity contribution in [1.29, 1.82) is 0 Å². The summed E-state index contributed by atoms with van der Waals surface area (Å²) in [5.74, 6) is 0.297. The Balaban J connectivity index is 1.78. The maximum absolute atomic E-state index is 12.9. The second-order valence-corrected chi connectivity index (χ2v) is 4.92. The van der Waals surface area contributed by atoms with E-state index in [-0.39, 0.29) is 5.82 Å². The molecule has 3 nitrogen and oxygen atoms in total. The van der Waals surface area contributed by atoms with Crippen LogP contribution >= 0.6 is 15.9 Å². The highest BCUT2D eigenvalue weighted by atomic mass is 79.9. The molecule has 0 unspecified atom stereocenters. The van der Waals surface area contributed by atoms with E-state index in [9.17, 15) is 4.39 Å². The third-order valence-electron chi connectivity index (χ3n) is 2.68. The molecule has 0 radical (unpaired) electrons. The molecule has 0 atom stereocenters. The molecule has 0 aliphatic carbocycles. The number of aromatic nitrogens is 2. The van der Waals surface area contributed by atoms with Gasteiger partial charge in [-0.25, -0.2) is 9.37 Å². The number of halogens is 2. The summed E-state index contributed by atoms with van der Waals surface area (Å²) in [4.78, 5) is 4.42. The predicted octanol–water partition coefficient (Wildman–Crippen LogP) is 3.81. The zero-order chi connectivity index (χ0) is 13.2. The van der Waals surface area contributed by atoms with Gasteiger partial charge in [-0.1, -0.05) is 6.07 Å². The first kappa shape index (κ1) is 12.2. The molecular weight excluding hydrogens is 311 g/mol. The van der Waals surface area contributed by atoms with Crippen molar-refractivity contribution in [3.8, 4) is 5.75 Å². The lowest BCUT2D eigenvalue weighted by Crippen LogP contribution is -1.96. The summed E-state index contributed by atoms with van der Waals surface area (Å²) < 4.78 is 21.1. The van der Waals surface area contributed by atoms with Crippen LogP contribution in [0.4, 0.5) is 4.39 Å². The highest BCUT2D eigenvalue weighted by Gasteiger charge is 2.05. The Labute approximate surface area is 117 Å². The molecule has 2 heterocycles. The largest absolute Gasteiger partial charge is 0.486 e. The second-order valence-electron chi connectivity index (χ2n) is 4.06. The molecule has 96 valence electrons. The number of hydrogen-bond acceptors (Lipinski definition) is 2. The zero-order valence-corrected chi connectivity index (χ0v) is 11.5. The van der Waals surface area contributed by atoms with Gasteiger partial charge in [0.2, 0.25) is 0 Å². The van der Waals surface area contributed by atoms with E-state index < -0.39 is 0 Å². The third kappa shape index (κ3) is 2.61. The number of pyridine rings is 1. The number of hydrogen-bond donors (Lipinski definition) is 0. The maximum Gasteiger partial charge on any atom is 0.137 e. The molecule has 0 saturated heterocycles. The second kappa shape index (κ2) is 5.01. The number of benzene rings is 1. The van der Waals surface area contributed by atoms with Crippen LogP contribution in [0.1, 0.15) is 5.69 Å². The van der Waals surface area contributed by atoms with Crippen molar-refractivity contribution < 1.29 is 9.13 Å². The van der Waals surface area contributed by atoms with Crippen LogP contribution in [-0.2, 0) is 6.61 Å². The van der Waals surface area contributed by atoms with Crippen LogP contribution in [-0.4, -0.2) is 9.38 Å². The van der Waals surface area contributed by atoms with Crippen molar-refractivity contribution in [2.45, 2.75) is 6.61 Å². The minimum absolute atomic E-state index is 0.299. The van der Waals surface area contributed by atoms with Gasteiger partial charge >= 0.3 is 0 Å². The normalized spacial score (nSPS) is 10.8. The number of fused-ring (bicyclic) bond motifs is 1. The summed E-state index contributed by atoms with van der Waals surface area (Å²) in [6.45, 7) is 0.339. The summed E-state index contributed by atoms with van der Waals surface area (Å²) >= 11 is 3.26. The van der Waals surface area contributed by atoms with Crippen LogP contribution in [0.25, 0.3) is 5.65 Å². The van der Waals surface area contributed by atoms with Crippen LogP contribution in [0.3, 0.4) is 0 Å². The lowest BCUT2D eigenvalue weighted by Gasteiger charge is -2.06. The number of rotatable bonds is 3. The fraction of sp³-hybridized carbons (Fsp3) is 0.0714. The Hall–Kier alpha value is -1.88. The van der Waals surface area contributed by atoms with Crippen molar-refractivity contribution in [3.63, 3.8) is 0 Å². The zero-order valence-electron chi connectivity index (χ0n) is 9.88. The minimum atomic E-state index is -0.299. The molecule has 0 amide bonds. The van der Waals surface area contributed by atoms with Crippen molar-refractivity contribution in [2.24, 2.45) is 0 Å². The van der Waals surface area contributed by atoms with E-state index in [0.29, 0.717) is 16.8 Å². The van der Waals surface area contributed by atoms with E-state index in [1.165, 1.54) is 12.1 Å². The highest BCUT2D eigenvalue weighted by molar-refractivity contribution is 9.10. The van der Waals surface area contributed by atoms with Gasteiger partial charge in [-0.15, -0.1) is 0 Å². The van der Waals surface area contributed by atoms with Crippen LogP contribution in [0, 0.1) is 5.82 Å². The first-order valence-corrected chi connectivity index (χ1v) is 6.52. The van der Waals surface area contributed by atoms with Crippen molar-refractivity contribution in [2.75, 3.05) is 0 Å². The third-order valence-corrected chi connectivity index (χ3v) is 3.30. The summed E-state index contributed by atoms with van der Waals surface area (Å²) in [7, 11) is 0. The molecule has 0 aliphatic heterocycles. The number of ether oxygens (including phenoxy) is 1. The topological polar surface area (TPSA) is 26.5 Å². The van der Waals surface area contributed by atoms with E-state index >= 15 is 0 Å². The SMILES string of the molecule is Fc1ccc(OCc2cn3ccccc3n2)c(Br)c1. The lowest BCUT2D eigenvalue weighted by molar-refractivity contribution is 0.299. The summed E-state index contributed by atoms with van der Waals surface area (Å²) in [6.07, 6.45) is 3.84. The molecule has 5 heteroatoms. The highest BCUT2D eigenvalue weighted by Crippen LogP contribution is 2.26. The lowest BCUT2D eigenvalue weighted by atomic mass is 10.3. The van der Waals surface area contributed by atoms with Crippen LogP contribution in [0.5, 0.6) is 5.75 Å². The predicted molar refractivity (Wildman–Crippen MR) is 73.6 cm³/mol. The van der Waals surface area contributed by atoms with Crippen molar-refractivity contribution in [3.05, 3.63) is 64.8 Å². The molecule has 0 aliphatic rings. The molecule has 3 aromatic rings. The van der Waals surface area contributed by atoms with Gasteiger partial charge in [0.05, 0.1) is 10.2 Å². The van der Waals surface area contributed by atoms with Crippen LogP contribution < -0.4 is 4.74 Å². The van der Waals surface area contributed by atoms with Gasteiger partial charge < -0.3 is 9.14 Å². The summed E-state index contributed by atoms with van der Waals surface area (Å²) in [5.41, 5.74) is 1.70. The number of imidazole rings is 1. The molecule has 0 fully saturated rings. The fourth-order valence-corrected chi connectivity index (χ4v) is 2.27. The van der Waals surface area contributed by atoms with Crippen LogP contribution in [0.2, 0.25) is 0 Å². The monoisotopic (exact) mass is 320 g/mol. The van der Waals surface area contributed by atoms with Gasteiger partial charge in [0, 0.05) is 12.4 Å². The van der Waals surface area contributed by atoms with Gasteiger partial charge in [0.15, 0.2) is 0 Å². The first-order chi connectivity index (χ1) is 9.22. The van der Waals surface area contributed by atoms with E-state index in [1.807, 2.05) is 35.0 Å². The van der Waals surface area contributed by atoms with Crippen molar-refractivity contribution >= 4 is 21.6 Å². The molecule has 19 heavy (non-hydrogen) atoms. The molecule has 0 bridgehead atoms. The van der Waals surface area contributed by atoms with E-state index in [0.717, 1.165) is 11.3 Å². The summed E-state index contributed by atoms with van der Waals surface area (Å²) in [5, 5.41) is 0. The van der Waals surface area contributed by atoms with Gasteiger partial charge in [0.25, 0.3) is 0 Å². The molecule has 0 N–H and O–H groups in total. The van der Waals surface area contributed by atoms with E-state index in [4.69, 9.17) is 4.74 Å². The average Bonchev–Trinajstić information content (AvgIpc) is 2.80. The average molecular weight is 321 g/mol. The van der Waals surface area contributed by atoms with Crippen molar-refractivity contribution in [1.82, 2.24) is 9.38 Å². The smallest absolute Gasteiger partial charge is 0.137 e. The Morgan fingerprint density at radius 2 is 2.16 bits per heavy atom. The quantitative estimate of drug-likeness (QED) is 0.733. The Kier molecular flexibility index (Phi) is 3.21. The Morgan fingerprint density at radius 3 is 2.95 bits per heavy atom. The molecule has 1 aromatic carbocycles. The molecular formula is C14H10BrFN2O. The number of nitrogens with zero attached hydrogens (tertiary/aromatic N) is 2. The van der Waals surface area contributed by atoms with Gasteiger partial charge in [-0.05, 0) is 46.3 Å². The Bertz CT molecular complexity index is 693. The van der Waals surface area contributed by atoms with Crippen LogP contribution in [0.15, 0.2) is 53.3 Å². The Morgan fingerprint density at radius 1 is 1.26 bits per heavy atom. The minimum Gasteiger partial charge on any atom is -0.486 e. The van der Waals surface area contributed by atoms with Gasteiger partial charge in [0.1, 0.15) is 23.8 Å². The van der Waals surface area contributed by atoms with Gasteiger partial charge in [-0.3, -0.25) is 0 Å². The first-order valence-electron chi connectivity index (χ1n) is 5.73. The maximum atomic E-state index is 12.9. The van der Waals surface area contributed by atoms with Gasteiger partial charge in [-0.2, -0.15) is 0 Å². The molecule has 3 rings (SSSR count). The fourth-order valence-electron chi connectivity index (χ4n) is 1.80. The molecule has 0 saturated carbocycles. The van der Waals surface area contributed by atoms with E-state index in [2.05, 4.69) is 20.9 Å².